The summed E-state index contributed by atoms with van der Waals surface area (Å²) in [6.07, 6.45) is 0. The Labute approximate surface area is 131 Å². The minimum atomic E-state index is -0.114. The molecular weight excluding hydrogens is 306 g/mol. The lowest BCUT2D eigenvalue weighted by Gasteiger charge is -2.06. The van der Waals surface area contributed by atoms with Gasteiger partial charge in [0.1, 0.15) is 0 Å². The molecule has 0 spiro atoms. The lowest BCUT2D eigenvalue weighted by Crippen LogP contribution is -2.19. The van der Waals surface area contributed by atoms with Crippen LogP contribution in [0.25, 0.3) is 11.5 Å². The largest absolute Gasteiger partial charge is 0.424 e. The van der Waals surface area contributed by atoms with Gasteiger partial charge in [-0.2, -0.15) is 4.98 Å². The maximum atomic E-state index is 5.86. The Morgan fingerprint density at radius 3 is 2.68 bits per heavy atom. The normalized spacial score (nSPS) is 12.5. The molecule has 1 unspecified atom stereocenters. The second kappa shape index (κ2) is 6.25. The molecule has 0 aliphatic carbocycles. The lowest BCUT2D eigenvalue weighted by atomic mass is 10.2. The summed E-state index contributed by atoms with van der Waals surface area (Å²) >= 11 is 5.86. The van der Waals surface area contributed by atoms with Gasteiger partial charge < -0.3 is 8.94 Å². The number of aryl methyl sites for hydroxylation is 1. The van der Waals surface area contributed by atoms with Crippen LogP contribution in [0.4, 0.5) is 0 Å². The third-order valence-electron chi connectivity index (χ3n) is 3.05. The number of benzene rings is 1. The van der Waals surface area contributed by atoms with Crippen molar-refractivity contribution in [3.63, 3.8) is 0 Å². The first kappa shape index (κ1) is 14.7. The number of hydrogen-bond acceptors (Lipinski definition) is 7. The number of nitrogens with one attached hydrogen (secondary N) is 1. The molecule has 2 heterocycles. The van der Waals surface area contributed by atoms with Crippen LogP contribution < -0.4 is 5.32 Å². The molecule has 0 radical (unpaired) electrons. The van der Waals surface area contributed by atoms with Crippen molar-refractivity contribution in [2.45, 2.75) is 26.4 Å². The fourth-order valence-corrected chi connectivity index (χ4v) is 1.99. The van der Waals surface area contributed by atoms with E-state index in [9.17, 15) is 0 Å². The zero-order valence-corrected chi connectivity index (χ0v) is 12.8. The van der Waals surface area contributed by atoms with Crippen molar-refractivity contribution in [3.8, 4) is 11.5 Å². The van der Waals surface area contributed by atoms with Gasteiger partial charge in [-0.05, 0) is 31.2 Å². The van der Waals surface area contributed by atoms with Crippen molar-refractivity contribution in [1.82, 2.24) is 25.7 Å². The predicted molar refractivity (Wildman–Crippen MR) is 79.0 cm³/mol. The van der Waals surface area contributed by atoms with Gasteiger partial charge in [0, 0.05) is 17.5 Å². The van der Waals surface area contributed by atoms with E-state index < -0.39 is 0 Å². The molecule has 0 amide bonds. The van der Waals surface area contributed by atoms with Gasteiger partial charge in [0.25, 0.3) is 5.89 Å². The van der Waals surface area contributed by atoms with E-state index in [-0.39, 0.29) is 6.04 Å². The summed E-state index contributed by atoms with van der Waals surface area (Å²) in [6.45, 7) is 4.12. The molecular formula is C14H14ClN5O2. The Kier molecular flexibility index (Phi) is 4.17. The number of aromatic nitrogens is 4. The van der Waals surface area contributed by atoms with Crippen molar-refractivity contribution in [2.75, 3.05) is 0 Å². The van der Waals surface area contributed by atoms with Crippen LogP contribution >= 0.6 is 11.6 Å². The molecule has 114 valence electrons. The van der Waals surface area contributed by atoms with Crippen LogP contribution in [0.1, 0.15) is 30.6 Å². The summed E-state index contributed by atoms with van der Waals surface area (Å²) in [4.78, 5) is 4.38. The number of rotatable bonds is 5. The van der Waals surface area contributed by atoms with E-state index in [1.165, 1.54) is 0 Å². The molecule has 1 N–H and O–H groups in total. The van der Waals surface area contributed by atoms with E-state index in [4.69, 9.17) is 20.5 Å². The molecule has 7 nitrogen and oxygen atoms in total. The highest BCUT2D eigenvalue weighted by molar-refractivity contribution is 6.30. The molecule has 3 aromatic rings. The minimum absolute atomic E-state index is 0.114. The van der Waals surface area contributed by atoms with Gasteiger partial charge in [-0.25, -0.2) is 0 Å². The Hall–Kier alpha value is -2.25. The molecule has 0 aliphatic heterocycles. The molecule has 22 heavy (non-hydrogen) atoms. The third kappa shape index (κ3) is 3.32. The van der Waals surface area contributed by atoms with Gasteiger partial charge in [-0.1, -0.05) is 16.8 Å². The van der Waals surface area contributed by atoms with E-state index in [1.54, 1.807) is 19.1 Å². The number of nitrogens with zero attached hydrogens (tertiary/aromatic N) is 4. The van der Waals surface area contributed by atoms with Gasteiger partial charge in [0.2, 0.25) is 11.8 Å². The first-order valence-corrected chi connectivity index (χ1v) is 7.11. The number of halogens is 1. The fraction of sp³-hybridized carbons (Fsp3) is 0.286. The Morgan fingerprint density at radius 1 is 1.23 bits per heavy atom. The maximum absolute atomic E-state index is 5.86. The van der Waals surface area contributed by atoms with Gasteiger partial charge in [-0.15, -0.1) is 10.2 Å². The fourth-order valence-electron chi connectivity index (χ4n) is 1.86. The molecule has 2 aromatic heterocycles. The smallest absolute Gasteiger partial charge is 0.257 e. The predicted octanol–water partition coefficient (Wildman–Crippen LogP) is 2.93. The quantitative estimate of drug-likeness (QED) is 0.773. The van der Waals surface area contributed by atoms with E-state index in [1.807, 2.05) is 19.1 Å². The topological polar surface area (TPSA) is 89.9 Å². The molecule has 0 fully saturated rings. The summed E-state index contributed by atoms with van der Waals surface area (Å²) in [5, 5.41) is 15.5. The lowest BCUT2D eigenvalue weighted by molar-refractivity contribution is 0.396. The van der Waals surface area contributed by atoms with E-state index in [0.717, 1.165) is 5.56 Å². The molecule has 0 saturated heterocycles. The van der Waals surface area contributed by atoms with Crippen LogP contribution in [0, 0.1) is 6.92 Å². The van der Waals surface area contributed by atoms with Crippen LogP contribution in [0.5, 0.6) is 0 Å². The summed E-state index contributed by atoms with van der Waals surface area (Å²) < 4.78 is 10.6. The van der Waals surface area contributed by atoms with E-state index in [0.29, 0.717) is 35.1 Å². The highest BCUT2D eigenvalue weighted by Crippen LogP contribution is 2.21. The molecule has 3 rings (SSSR count). The van der Waals surface area contributed by atoms with Crippen molar-refractivity contribution in [1.29, 1.82) is 0 Å². The van der Waals surface area contributed by atoms with Gasteiger partial charge in [-0.3, -0.25) is 5.32 Å². The molecule has 1 aromatic carbocycles. The summed E-state index contributed by atoms with van der Waals surface area (Å²) in [6, 6.07) is 7.11. The average Bonchev–Trinajstić information content (AvgIpc) is 3.15. The number of hydrogen-bond donors (Lipinski definition) is 1. The Balaban J connectivity index is 1.66. The second-order valence-electron chi connectivity index (χ2n) is 4.78. The molecule has 0 bridgehead atoms. The average molecular weight is 320 g/mol. The van der Waals surface area contributed by atoms with Crippen LogP contribution in [-0.2, 0) is 6.54 Å². The maximum Gasteiger partial charge on any atom is 0.257 e. The zero-order chi connectivity index (χ0) is 15.5. The van der Waals surface area contributed by atoms with Crippen LogP contribution in [0.3, 0.4) is 0 Å². The van der Waals surface area contributed by atoms with Crippen LogP contribution in [0.15, 0.2) is 33.2 Å². The monoisotopic (exact) mass is 319 g/mol. The van der Waals surface area contributed by atoms with Crippen molar-refractivity contribution >= 4 is 11.6 Å². The van der Waals surface area contributed by atoms with Crippen molar-refractivity contribution in [2.24, 2.45) is 0 Å². The minimum Gasteiger partial charge on any atom is -0.424 e. The molecule has 8 heteroatoms. The van der Waals surface area contributed by atoms with E-state index >= 15 is 0 Å². The van der Waals surface area contributed by atoms with Crippen LogP contribution in [0.2, 0.25) is 5.02 Å². The SMILES string of the molecule is Cc1nnc(CNC(C)c2noc(-c3ccc(Cl)cc3)n2)o1. The highest BCUT2D eigenvalue weighted by atomic mass is 35.5. The summed E-state index contributed by atoms with van der Waals surface area (Å²) in [5.41, 5.74) is 0.822. The summed E-state index contributed by atoms with van der Waals surface area (Å²) in [5.74, 6) is 2.06. The Bertz CT molecular complexity index is 753. The third-order valence-corrected chi connectivity index (χ3v) is 3.30. The zero-order valence-electron chi connectivity index (χ0n) is 12.1. The van der Waals surface area contributed by atoms with Gasteiger partial charge >= 0.3 is 0 Å². The molecule has 0 aliphatic rings. The highest BCUT2D eigenvalue weighted by Gasteiger charge is 2.15. The second-order valence-corrected chi connectivity index (χ2v) is 5.22. The van der Waals surface area contributed by atoms with Gasteiger partial charge in [0.05, 0.1) is 12.6 Å². The summed E-state index contributed by atoms with van der Waals surface area (Å²) in [7, 11) is 0. The van der Waals surface area contributed by atoms with Crippen molar-refractivity contribution < 1.29 is 8.94 Å². The molecule has 0 saturated carbocycles. The first-order chi connectivity index (χ1) is 10.6. The standard InChI is InChI=1S/C14H14ClN5O2/c1-8(16-7-12-19-18-9(2)21-12)13-17-14(22-20-13)10-3-5-11(15)6-4-10/h3-6,8,16H,7H2,1-2H3. The van der Waals surface area contributed by atoms with Crippen molar-refractivity contribution in [3.05, 3.63) is 46.9 Å². The van der Waals surface area contributed by atoms with E-state index in [2.05, 4.69) is 25.7 Å². The van der Waals surface area contributed by atoms with Gasteiger partial charge in [0.15, 0.2) is 5.82 Å². The molecule has 1 atom stereocenters. The van der Waals surface area contributed by atoms with Crippen LogP contribution in [-0.4, -0.2) is 20.3 Å². The first-order valence-electron chi connectivity index (χ1n) is 6.74. The Morgan fingerprint density at radius 2 is 2.00 bits per heavy atom.